The van der Waals surface area contributed by atoms with Crippen LogP contribution >= 0.6 is 23.2 Å². The molecule has 1 atom stereocenters. The summed E-state index contributed by atoms with van der Waals surface area (Å²) < 4.78 is 0. The molecule has 0 radical (unpaired) electrons. The van der Waals surface area contributed by atoms with Crippen LogP contribution in [0, 0.1) is 0 Å². The fraction of sp³-hybridized carbons (Fsp3) is 0.133. The van der Waals surface area contributed by atoms with Gasteiger partial charge in [0.2, 0.25) is 0 Å². The Balaban J connectivity index is 1.94. The number of halogens is 2. The van der Waals surface area contributed by atoms with Crippen LogP contribution in [0.1, 0.15) is 29.0 Å². The molecule has 2 heterocycles. The highest BCUT2D eigenvalue weighted by atomic mass is 35.5. The fourth-order valence-corrected chi connectivity index (χ4v) is 3.06. The molecule has 1 unspecified atom stereocenters. The summed E-state index contributed by atoms with van der Waals surface area (Å²) in [6, 6.07) is 5.47. The van der Waals surface area contributed by atoms with Gasteiger partial charge in [0.05, 0.1) is 21.6 Å². The highest BCUT2D eigenvalue weighted by Crippen LogP contribution is 2.32. The second-order valence-corrected chi connectivity index (χ2v) is 5.68. The number of aldehydes is 1. The number of anilines is 1. The van der Waals surface area contributed by atoms with Gasteiger partial charge in [-0.3, -0.25) is 14.9 Å². The first-order valence-corrected chi connectivity index (χ1v) is 7.34. The van der Waals surface area contributed by atoms with Gasteiger partial charge >= 0.3 is 0 Å². The van der Waals surface area contributed by atoms with Crippen LogP contribution in [-0.2, 0) is 0 Å². The molecule has 5 nitrogen and oxygen atoms in total. The third-order valence-electron chi connectivity index (χ3n) is 3.41. The van der Waals surface area contributed by atoms with E-state index < -0.39 is 0 Å². The monoisotopic (exact) mass is 334 g/mol. The van der Waals surface area contributed by atoms with E-state index in [1.165, 1.54) is 0 Å². The number of nitrogens with one attached hydrogen (secondary N) is 2. The van der Waals surface area contributed by atoms with Gasteiger partial charge in [-0.25, -0.2) is 0 Å². The summed E-state index contributed by atoms with van der Waals surface area (Å²) in [5.41, 5.74) is 2.81. The number of aromatic amines is 1. The first-order valence-electron chi connectivity index (χ1n) is 6.59. The molecule has 0 aliphatic rings. The van der Waals surface area contributed by atoms with E-state index in [0.29, 0.717) is 15.7 Å². The Kier molecular flexibility index (Phi) is 4.00. The Bertz CT molecular complexity index is 826. The van der Waals surface area contributed by atoms with Crippen LogP contribution in [0.25, 0.3) is 10.9 Å². The lowest BCUT2D eigenvalue weighted by Gasteiger charge is -2.18. The van der Waals surface area contributed by atoms with Crippen LogP contribution in [-0.4, -0.2) is 21.5 Å². The van der Waals surface area contributed by atoms with Gasteiger partial charge in [-0.2, -0.15) is 5.10 Å². The van der Waals surface area contributed by atoms with E-state index in [2.05, 4.69) is 20.5 Å². The Hall–Kier alpha value is -2.11. The predicted molar refractivity (Wildman–Crippen MR) is 87.8 cm³/mol. The van der Waals surface area contributed by atoms with E-state index in [9.17, 15) is 4.79 Å². The SMILES string of the molecule is CC(Nc1ccc2n[nH]c(C=O)c2c1)c1c(Cl)cncc1Cl. The van der Waals surface area contributed by atoms with Crippen LogP contribution in [0.4, 0.5) is 5.69 Å². The highest BCUT2D eigenvalue weighted by molar-refractivity contribution is 6.35. The van der Waals surface area contributed by atoms with Gasteiger partial charge < -0.3 is 5.32 Å². The number of carbonyl (C=O) groups excluding carboxylic acids is 1. The van der Waals surface area contributed by atoms with Crippen LogP contribution < -0.4 is 5.32 Å². The molecule has 2 aromatic heterocycles. The van der Waals surface area contributed by atoms with Crippen molar-refractivity contribution in [3.63, 3.8) is 0 Å². The Labute approximate surface area is 136 Å². The molecular weight excluding hydrogens is 323 g/mol. The van der Waals surface area contributed by atoms with Gasteiger partial charge in [0.25, 0.3) is 0 Å². The fourth-order valence-electron chi connectivity index (χ4n) is 2.37. The van der Waals surface area contributed by atoms with Crippen LogP contribution in [0.3, 0.4) is 0 Å². The van der Waals surface area contributed by atoms with E-state index in [1.54, 1.807) is 12.4 Å². The van der Waals surface area contributed by atoms with Crippen molar-refractivity contribution >= 4 is 46.1 Å². The molecule has 3 aromatic rings. The normalized spacial score (nSPS) is 12.3. The number of rotatable bonds is 4. The zero-order valence-corrected chi connectivity index (χ0v) is 13.1. The van der Waals surface area contributed by atoms with Crippen molar-refractivity contribution in [2.24, 2.45) is 0 Å². The summed E-state index contributed by atoms with van der Waals surface area (Å²) in [7, 11) is 0. The zero-order valence-electron chi connectivity index (χ0n) is 11.6. The van der Waals surface area contributed by atoms with Crippen molar-refractivity contribution in [3.8, 4) is 0 Å². The molecule has 7 heteroatoms. The number of aromatic nitrogens is 3. The van der Waals surface area contributed by atoms with Gasteiger partial charge in [0, 0.05) is 29.0 Å². The van der Waals surface area contributed by atoms with E-state index in [-0.39, 0.29) is 6.04 Å². The van der Waals surface area contributed by atoms with Crippen molar-refractivity contribution in [1.82, 2.24) is 15.2 Å². The van der Waals surface area contributed by atoms with E-state index in [4.69, 9.17) is 23.2 Å². The number of nitrogens with zero attached hydrogens (tertiary/aromatic N) is 2. The second kappa shape index (κ2) is 5.94. The lowest BCUT2D eigenvalue weighted by molar-refractivity contribution is 0.112. The quantitative estimate of drug-likeness (QED) is 0.699. The minimum Gasteiger partial charge on any atom is -0.378 e. The molecule has 0 saturated carbocycles. The molecule has 3 rings (SSSR count). The van der Waals surface area contributed by atoms with E-state index in [1.807, 2.05) is 25.1 Å². The van der Waals surface area contributed by atoms with Gasteiger partial charge in [0.1, 0.15) is 5.69 Å². The van der Waals surface area contributed by atoms with Crippen LogP contribution in [0.15, 0.2) is 30.6 Å². The van der Waals surface area contributed by atoms with Crippen molar-refractivity contribution in [1.29, 1.82) is 0 Å². The number of carbonyl (C=O) groups is 1. The van der Waals surface area contributed by atoms with Crippen molar-refractivity contribution in [2.75, 3.05) is 5.32 Å². The maximum Gasteiger partial charge on any atom is 0.168 e. The van der Waals surface area contributed by atoms with Crippen LogP contribution in [0.2, 0.25) is 10.0 Å². The molecule has 0 bridgehead atoms. The summed E-state index contributed by atoms with van der Waals surface area (Å²) in [5, 5.41) is 11.9. The summed E-state index contributed by atoms with van der Waals surface area (Å²) in [4.78, 5) is 14.9. The molecule has 0 spiro atoms. The summed E-state index contributed by atoms with van der Waals surface area (Å²) >= 11 is 12.3. The topological polar surface area (TPSA) is 70.7 Å². The van der Waals surface area contributed by atoms with Gasteiger partial charge in [-0.1, -0.05) is 23.2 Å². The lowest BCUT2D eigenvalue weighted by atomic mass is 10.1. The first kappa shape index (κ1) is 14.8. The minimum atomic E-state index is -0.118. The maximum absolute atomic E-state index is 11.0. The Morgan fingerprint density at radius 2 is 2.00 bits per heavy atom. The molecule has 0 amide bonds. The molecule has 112 valence electrons. The summed E-state index contributed by atoms with van der Waals surface area (Å²) in [6.45, 7) is 1.95. The molecule has 1 aromatic carbocycles. The highest BCUT2D eigenvalue weighted by Gasteiger charge is 2.15. The Morgan fingerprint density at radius 1 is 1.27 bits per heavy atom. The average Bonchev–Trinajstić information content (AvgIpc) is 2.89. The average molecular weight is 335 g/mol. The second-order valence-electron chi connectivity index (χ2n) is 4.87. The molecule has 2 N–H and O–H groups in total. The number of hydrogen-bond donors (Lipinski definition) is 2. The first-order chi connectivity index (χ1) is 10.6. The summed E-state index contributed by atoms with van der Waals surface area (Å²) in [5.74, 6) is 0. The zero-order chi connectivity index (χ0) is 15.7. The molecule has 0 fully saturated rings. The van der Waals surface area contributed by atoms with Crippen molar-refractivity contribution in [3.05, 3.63) is 51.9 Å². The lowest BCUT2D eigenvalue weighted by Crippen LogP contribution is -2.08. The summed E-state index contributed by atoms with van der Waals surface area (Å²) in [6.07, 6.45) is 3.87. The standard InChI is InChI=1S/C15H12Cl2N4O/c1-8(15-11(16)5-18-6-12(15)17)19-9-2-3-13-10(4-9)14(7-22)21-20-13/h2-8,19H,1H3,(H,20,21). The molecular formula is C15H12Cl2N4O. The minimum absolute atomic E-state index is 0.118. The molecule has 0 aliphatic heterocycles. The molecule has 0 aliphatic carbocycles. The van der Waals surface area contributed by atoms with Crippen molar-refractivity contribution < 1.29 is 4.79 Å². The Morgan fingerprint density at radius 3 is 2.68 bits per heavy atom. The number of hydrogen-bond acceptors (Lipinski definition) is 4. The number of benzene rings is 1. The third kappa shape index (κ3) is 2.65. The van der Waals surface area contributed by atoms with Gasteiger partial charge in [-0.15, -0.1) is 0 Å². The van der Waals surface area contributed by atoms with Gasteiger partial charge in [-0.05, 0) is 25.1 Å². The number of H-pyrrole nitrogens is 1. The van der Waals surface area contributed by atoms with Gasteiger partial charge in [0.15, 0.2) is 6.29 Å². The largest absolute Gasteiger partial charge is 0.378 e. The number of pyridine rings is 1. The number of fused-ring (bicyclic) bond motifs is 1. The van der Waals surface area contributed by atoms with E-state index >= 15 is 0 Å². The molecule has 22 heavy (non-hydrogen) atoms. The smallest absolute Gasteiger partial charge is 0.168 e. The van der Waals surface area contributed by atoms with Crippen molar-refractivity contribution in [2.45, 2.75) is 13.0 Å². The predicted octanol–water partition coefficient (Wildman–Crippen LogP) is 4.25. The van der Waals surface area contributed by atoms with Crippen LogP contribution in [0.5, 0.6) is 0 Å². The third-order valence-corrected chi connectivity index (χ3v) is 4.01. The molecule has 0 saturated heterocycles. The maximum atomic E-state index is 11.0. The van der Waals surface area contributed by atoms with E-state index in [0.717, 1.165) is 28.4 Å².